The van der Waals surface area contributed by atoms with Gasteiger partial charge in [-0.25, -0.2) is 0 Å². The number of cyclic esters (lactones) is 1. The molecule has 1 fully saturated rings. The molecule has 1 aliphatic heterocycles. The molecule has 0 aromatic heterocycles. The maximum absolute atomic E-state index is 11.5. The Balaban J connectivity index is 2.92. The highest BCUT2D eigenvalue weighted by Crippen LogP contribution is 2.40. The Morgan fingerprint density at radius 2 is 1.93 bits per heavy atom. The van der Waals surface area contributed by atoms with Crippen LogP contribution in [0.15, 0.2) is 0 Å². The van der Waals surface area contributed by atoms with Gasteiger partial charge in [0.05, 0.1) is 5.92 Å². The molecule has 0 bridgehead atoms. The first-order valence-corrected chi connectivity index (χ1v) is 4.69. The molecule has 0 radical (unpaired) electrons. The van der Waals surface area contributed by atoms with Crippen LogP contribution in [0.25, 0.3) is 0 Å². The third kappa shape index (κ3) is 1.73. The van der Waals surface area contributed by atoms with Crippen LogP contribution in [0.4, 0.5) is 0 Å². The molecule has 0 unspecified atom stereocenters. The van der Waals surface area contributed by atoms with Crippen molar-refractivity contribution in [2.45, 2.75) is 34.0 Å². The molecule has 1 rings (SSSR count). The standard InChI is InChI=1S/C10H14O5/c1-5-8(14-7(3)12)15-9(13)10(5,4)6(2)11/h5,8H,1-4H3/t5-,8+,10-/m1/s1. The quantitative estimate of drug-likeness (QED) is 0.499. The van der Waals surface area contributed by atoms with Crippen LogP contribution < -0.4 is 0 Å². The van der Waals surface area contributed by atoms with Gasteiger partial charge in [-0.3, -0.25) is 14.4 Å². The predicted molar refractivity (Wildman–Crippen MR) is 49.6 cm³/mol. The van der Waals surface area contributed by atoms with Crippen molar-refractivity contribution >= 4 is 17.7 Å². The van der Waals surface area contributed by atoms with Gasteiger partial charge in [0.2, 0.25) is 0 Å². The molecule has 5 heteroatoms. The number of carbonyl (C=O) groups is 3. The van der Waals surface area contributed by atoms with E-state index < -0.39 is 29.6 Å². The van der Waals surface area contributed by atoms with Gasteiger partial charge in [0.15, 0.2) is 0 Å². The minimum absolute atomic E-state index is 0.283. The normalized spacial score (nSPS) is 34.8. The molecule has 84 valence electrons. The zero-order valence-corrected chi connectivity index (χ0v) is 9.20. The monoisotopic (exact) mass is 214 g/mol. The fourth-order valence-corrected chi connectivity index (χ4v) is 1.54. The summed E-state index contributed by atoms with van der Waals surface area (Å²) in [7, 11) is 0. The summed E-state index contributed by atoms with van der Waals surface area (Å²) in [6.07, 6.45) is -0.955. The van der Waals surface area contributed by atoms with E-state index in [-0.39, 0.29) is 5.78 Å². The van der Waals surface area contributed by atoms with Crippen molar-refractivity contribution in [1.82, 2.24) is 0 Å². The molecule has 0 spiro atoms. The summed E-state index contributed by atoms with van der Waals surface area (Å²) >= 11 is 0. The van der Waals surface area contributed by atoms with Crippen molar-refractivity contribution in [3.8, 4) is 0 Å². The van der Waals surface area contributed by atoms with Crippen LogP contribution in [0.3, 0.4) is 0 Å². The average molecular weight is 214 g/mol. The minimum atomic E-state index is -1.21. The lowest BCUT2D eigenvalue weighted by atomic mass is 9.77. The summed E-state index contributed by atoms with van der Waals surface area (Å²) < 4.78 is 9.66. The molecule has 1 heterocycles. The third-order valence-corrected chi connectivity index (χ3v) is 2.98. The number of Topliss-reactive ketones (excluding diaryl/α,β-unsaturated/α-hetero) is 1. The maximum atomic E-state index is 11.5. The van der Waals surface area contributed by atoms with E-state index in [2.05, 4.69) is 0 Å². The molecule has 1 saturated heterocycles. The summed E-state index contributed by atoms with van der Waals surface area (Å²) in [5, 5.41) is 0. The van der Waals surface area contributed by atoms with Crippen LogP contribution >= 0.6 is 0 Å². The molecule has 0 aromatic rings. The van der Waals surface area contributed by atoms with Crippen molar-refractivity contribution in [3.05, 3.63) is 0 Å². The van der Waals surface area contributed by atoms with Gasteiger partial charge in [-0.05, 0) is 13.8 Å². The Hall–Kier alpha value is -1.39. The van der Waals surface area contributed by atoms with Crippen LogP contribution in [0.1, 0.15) is 27.7 Å². The van der Waals surface area contributed by atoms with Gasteiger partial charge < -0.3 is 9.47 Å². The van der Waals surface area contributed by atoms with Crippen molar-refractivity contribution in [1.29, 1.82) is 0 Å². The number of hydrogen-bond acceptors (Lipinski definition) is 5. The van der Waals surface area contributed by atoms with Crippen LogP contribution in [-0.2, 0) is 23.9 Å². The van der Waals surface area contributed by atoms with E-state index in [1.807, 2.05) is 0 Å². The first kappa shape index (κ1) is 11.7. The minimum Gasteiger partial charge on any atom is -0.425 e. The van der Waals surface area contributed by atoms with E-state index in [9.17, 15) is 14.4 Å². The van der Waals surface area contributed by atoms with Crippen molar-refractivity contribution in [2.24, 2.45) is 11.3 Å². The Kier molecular flexibility index (Phi) is 2.83. The number of carbonyl (C=O) groups excluding carboxylic acids is 3. The van der Waals surface area contributed by atoms with Crippen LogP contribution in [0, 0.1) is 11.3 Å². The first-order chi connectivity index (χ1) is 6.80. The van der Waals surface area contributed by atoms with Gasteiger partial charge in [-0.1, -0.05) is 6.92 Å². The zero-order valence-electron chi connectivity index (χ0n) is 9.20. The Labute approximate surface area is 87.7 Å². The van der Waals surface area contributed by atoms with Gasteiger partial charge in [0.25, 0.3) is 6.29 Å². The number of ketones is 1. The maximum Gasteiger partial charge on any atom is 0.322 e. The van der Waals surface area contributed by atoms with E-state index in [4.69, 9.17) is 9.47 Å². The lowest BCUT2D eigenvalue weighted by molar-refractivity contribution is -0.179. The molecule has 0 aliphatic carbocycles. The fourth-order valence-electron chi connectivity index (χ4n) is 1.54. The smallest absolute Gasteiger partial charge is 0.322 e. The highest BCUT2D eigenvalue weighted by atomic mass is 16.7. The summed E-state index contributed by atoms with van der Waals surface area (Å²) in [5.74, 6) is -1.91. The topological polar surface area (TPSA) is 69.7 Å². The van der Waals surface area contributed by atoms with Gasteiger partial charge in [-0.15, -0.1) is 0 Å². The lowest BCUT2D eigenvalue weighted by Crippen LogP contribution is -2.37. The van der Waals surface area contributed by atoms with Crippen LogP contribution in [0.5, 0.6) is 0 Å². The molecule has 3 atom stereocenters. The predicted octanol–water partition coefficient (Wildman–Crippen LogP) is 0.664. The zero-order chi connectivity index (χ0) is 11.8. The van der Waals surface area contributed by atoms with E-state index in [1.165, 1.54) is 20.8 Å². The van der Waals surface area contributed by atoms with Crippen molar-refractivity contribution in [2.75, 3.05) is 0 Å². The molecule has 0 amide bonds. The van der Waals surface area contributed by atoms with E-state index in [1.54, 1.807) is 6.92 Å². The molecule has 5 nitrogen and oxygen atoms in total. The average Bonchev–Trinajstić information content (AvgIpc) is 2.31. The molecule has 15 heavy (non-hydrogen) atoms. The number of hydrogen-bond donors (Lipinski definition) is 0. The van der Waals surface area contributed by atoms with E-state index >= 15 is 0 Å². The van der Waals surface area contributed by atoms with E-state index in [0.717, 1.165) is 0 Å². The molecule has 0 saturated carbocycles. The van der Waals surface area contributed by atoms with Crippen molar-refractivity contribution < 1.29 is 23.9 Å². The Morgan fingerprint density at radius 3 is 2.27 bits per heavy atom. The highest BCUT2D eigenvalue weighted by Gasteiger charge is 2.56. The van der Waals surface area contributed by atoms with Crippen molar-refractivity contribution in [3.63, 3.8) is 0 Å². The lowest BCUT2D eigenvalue weighted by Gasteiger charge is -2.21. The van der Waals surface area contributed by atoms with Gasteiger partial charge in [-0.2, -0.15) is 0 Å². The molecular formula is C10H14O5. The Morgan fingerprint density at radius 1 is 1.40 bits per heavy atom. The summed E-state index contributed by atoms with van der Waals surface area (Å²) in [6, 6.07) is 0. The third-order valence-electron chi connectivity index (χ3n) is 2.98. The van der Waals surface area contributed by atoms with Crippen LogP contribution in [-0.4, -0.2) is 24.0 Å². The molecule has 0 aromatic carbocycles. The number of esters is 2. The second-order valence-corrected chi connectivity index (χ2v) is 3.93. The molecular weight excluding hydrogens is 200 g/mol. The molecule has 0 N–H and O–H groups in total. The van der Waals surface area contributed by atoms with Crippen LogP contribution in [0.2, 0.25) is 0 Å². The van der Waals surface area contributed by atoms with E-state index in [0.29, 0.717) is 0 Å². The summed E-state index contributed by atoms with van der Waals surface area (Å²) in [5.41, 5.74) is -1.21. The first-order valence-electron chi connectivity index (χ1n) is 4.69. The van der Waals surface area contributed by atoms with Gasteiger partial charge in [0, 0.05) is 6.92 Å². The van der Waals surface area contributed by atoms with Gasteiger partial charge in [0.1, 0.15) is 11.2 Å². The number of ether oxygens (including phenoxy) is 2. The highest BCUT2D eigenvalue weighted by molar-refractivity contribution is 6.03. The second-order valence-electron chi connectivity index (χ2n) is 3.93. The fraction of sp³-hybridized carbons (Fsp3) is 0.700. The van der Waals surface area contributed by atoms with Gasteiger partial charge >= 0.3 is 11.9 Å². The number of rotatable bonds is 2. The summed E-state index contributed by atoms with van der Waals surface area (Å²) in [4.78, 5) is 33.6. The summed E-state index contributed by atoms with van der Waals surface area (Å²) in [6.45, 7) is 5.71. The molecule has 1 aliphatic rings. The Bertz CT molecular complexity index is 322. The SMILES string of the molecule is CC(=O)O[C@H]1OC(=O)[C@@](C)(C(C)=O)[C@@H]1C. The second kappa shape index (κ2) is 3.64. The largest absolute Gasteiger partial charge is 0.425 e.